The molecule has 2 atom stereocenters. The summed E-state index contributed by atoms with van der Waals surface area (Å²) >= 11 is 0. The number of likely N-dealkylation sites (N-methyl/N-ethyl adjacent to an activating group) is 1. The Morgan fingerprint density at radius 3 is 2.21 bits per heavy atom. The van der Waals surface area contributed by atoms with Gasteiger partial charge in [-0.05, 0) is 42.3 Å². The van der Waals surface area contributed by atoms with Crippen LogP contribution in [0.25, 0.3) is 0 Å². The van der Waals surface area contributed by atoms with Gasteiger partial charge in [-0.3, -0.25) is 4.79 Å². The van der Waals surface area contributed by atoms with E-state index in [0.717, 1.165) is 46.2 Å². The van der Waals surface area contributed by atoms with Crippen molar-refractivity contribution in [1.82, 2.24) is 5.32 Å². The lowest BCUT2D eigenvalue weighted by Gasteiger charge is -2.21. The molecular weight excluding hydrogens is 356 g/mol. The number of carbonyl (C=O) groups is 1. The van der Waals surface area contributed by atoms with Gasteiger partial charge < -0.3 is 24.4 Å². The highest BCUT2D eigenvalue weighted by molar-refractivity contribution is 5.79. The quantitative estimate of drug-likeness (QED) is 0.648. The van der Waals surface area contributed by atoms with Crippen LogP contribution in [0.4, 0.5) is 0 Å². The average Bonchev–Trinajstić information content (AvgIpc) is 2.75. The maximum Gasteiger partial charge on any atom is 0.278 e. The Kier molecular flexibility index (Phi) is 8.14. The van der Waals surface area contributed by atoms with E-state index in [2.05, 4.69) is 5.32 Å². The summed E-state index contributed by atoms with van der Waals surface area (Å²) < 4.78 is 15.8. The Hall–Kier alpha value is -2.73. The van der Waals surface area contributed by atoms with Gasteiger partial charge in [0.25, 0.3) is 5.91 Å². The highest BCUT2D eigenvalue weighted by Gasteiger charge is 2.21. The van der Waals surface area contributed by atoms with Gasteiger partial charge in [0.15, 0.2) is 17.5 Å². The SMILES string of the molecule is COc1ccc(CNC(=O)[C@H](C)[NH+](C)CCc2ccc(OC)c(OC)c2)cc1. The van der Waals surface area contributed by atoms with E-state index in [1.54, 1.807) is 21.3 Å². The number of amides is 1. The minimum Gasteiger partial charge on any atom is -0.497 e. The molecule has 0 saturated heterocycles. The lowest BCUT2D eigenvalue weighted by atomic mass is 10.1. The summed E-state index contributed by atoms with van der Waals surface area (Å²) in [7, 11) is 6.94. The van der Waals surface area contributed by atoms with Crippen molar-refractivity contribution in [1.29, 1.82) is 0 Å². The first-order chi connectivity index (χ1) is 13.5. The predicted octanol–water partition coefficient (Wildman–Crippen LogP) is 1.47. The van der Waals surface area contributed by atoms with E-state index >= 15 is 0 Å². The summed E-state index contributed by atoms with van der Waals surface area (Å²) in [6.07, 6.45) is 0.849. The molecule has 0 aromatic heterocycles. The number of benzene rings is 2. The molecule has 6 nitrogen and oxygen atoms in total. The van der Waals surface area contributed by atoms with E-state index in [9.17, 15) is 4.79 Å². The molecule has 2 aromatic rings. The van der Waals surface area contributed by atoms with Crippen LogP contribution < -0.4 is 24.4 Å². The minimum absolute atomic E-state index is 0.0422. The molecule has 152 valence electrons. The zero-order valence-corrected chi connectivity index (χ0v) is 17.4. The van der Waals surface area contributed by atoms with Gasteiger partial charge in [0.05, 0.1) is 34.9 Å². The molecule has 1 unspecified atom stereocenters. The van der Waals surface area contributed by atoms with Crippen LogP contribution in [0.1, 0.15) is 18.1 Å². The molecule has 2 N–H and O–H groups in total. The van der Waals surface area contributed by atoms with E-state index in [0.29, 0.717) is 6.54 Å². The molecule has 0 saturated carbocycles. The molecule has 6 heteroatoms. The van der Waals surface area contributed by atoms with Crippen molar-refractivity contribution in [3.05, 3.63) is 53.6 Å². The largest absolute Gasteiger partial charge is 0.497 e. The number of carbonyl (C=O) groups excluding carboxylic acids is 1. The fourth-order valence-corrected chi connectivity index (χ4v) is 2.90. The van der Waals surface area contributed by atoms with Crippen LogP contribution in [-0.2, 0) is 17.8 Å². The summed E-state index contributed by atoms with van der Waals surface area (Å²) in [6.45, 7) is 3.30. The zero-order valence-electron chi connectivity index (χ0n) is 17.4. The van der Waals surface area contributed by atoms with Gasteiger partial charge in [0, 0.05) is 13.0 Å². The summed E-state index contributed by atoms with van der Waals surface area (Å²) in [5, 5.41) is 3.01. The van der Waals surface area contributed by atoms with Crippen molar-refractivity contribution in [3.8, 4) is 17.2 Å². The first-order valence-electron chi connectivity index (χ1n) is 9.42. The Morgan fingerprint density at radius 1 is 0.964 bits per heavy atom. The van der Waals surface area contributed by atoms with E-state index in [1.807, 2.05) is 56.4 Å². The van der Waals surface area contributed by atoms with E-state index in [4.69, 9.17) is 14.2 Å². The highest BCUT2D eigenvalue weighted by atomic mass is 16.5. The summed E-state index contributed by atoms with van der Waals surface area (Å²) in [5.74, 6) is 2.30. The number of rotatable bonds is 10. The topological polar surface area (TPSA) is 61.2 Å². The molecule has 0 fully saturated rings. The van der Waals surface area contributed by atoms with Crippen LogP contribution in [0.2, 0.25) is 0 Å². The van der Waals surface area contributed by atoms with Crippen molar-refractivity contribution >= 4 is 5.91 Å². The second kappa shape index (κ2) is 10.6. The molecule has 2 rings (SSSR count). The van der Waals surface area contributed by atoms with Gasteiger partial charge >= 0.3 is 0 Å². The second-order valence-electron chi connectivity index (χ2n) is 6.82. The maximum absolute atomic E-state index is 12.5. The lowest BCUT2D eigenvalue weighted by Crippen LogP contribution is -3.14. The standard InChI is InChI=1S/C22H30N2O4/c1-16(22(25)23-15-18-6-9-19(26-3)10-7-18)24(2)13-12-17-8-11-20(27-4)21(14-17)28-5/h6-11,14,16H,12-13,15H2,1-5H3,(H,23,25)/p+1/t16-/m0/s1. The number of nitrogens with one attached hydrogen (secondary N) is 2. The van der Waals surface area contributed by atoms with Gasteiger partial charge in [-0.25, -0.2) is 0 Å². The number of quaternary nitrogens is 1. The molecule has 0 aliphatic rings. The molecule has 0 heterocycles. The Balaban J connectivity index is 1.83. The molecule has 1 amide bonds. The molecule has 0 bridgehead atoms. The summed E-state index contributed by atoms with van der Waals surface area (Å²) in [5.41, 5.74) is 2.20. The van der Waals surface area contributed by atoms with Crippen molar-refractivity contribution in [2.24, 2.45) is 0 Å². The van der Waals surface area contributed by atoms with Gasteiger partial charge in [-0.15, -0.1) is 0 Å². The Bertz CT molecular complexity index is 762. The van der Waals surface area contributed by atoms with Crippen molar-refractivity contribution < 1.29 is 23.9 Å². The fraction of sp³-hybridized carbons (Fsp3) is 0.409. The van der Waals surface area contributed by atoms with Crippen LogP contribution >= 0.6 is 0 Å². The second-order valence-corrected chi connectivity index (χ2v) is 6.82. The van der Waals surface area contributed by atoms with E-state index in [1.165, 1.54) is 0 Å². The van der Waals surface area contributed by atoms with Gasteiger partial charge in [0.2, 0.25) is 0 Å². The Morgan fingerprint density at radius 2 is 1.61 bits per heavy atom. The average molecular weight is 388 g/mol. The molecule has 28 heavy (non-hydrogen) atoms. The van der Waals surface area contributed by atoms with Crippen LogP contribution in [0.3, 0.4) is 0 Å². The smallest absolute Gasteiger partial charge is 0.278 e. The Labute approximate surface area is 167 Å². The number of ether oxygens (including phenoxy) is 3. The van der Waals surface area contributed by atoms with Gasteiger partial charge in [-0.1, -0.05) is 18.2 Å². The maximum atomic E-state index is 12.5. The number of hydrogen-bond acceptors (Lipinski definition) is 4. The molecule has 0 radical (unpaired) electrons. The number of methoxy groups -OCH3 is 3. The van der Waals surface area contributed by atoms with Crippen LogP contribution in [0, 0.1) is 0 Å². The monoisotopic (exact) mass is 387 g/mol. The molecule has 0 aliphatic carbocycles. The first kappa shape index (κ1) is 21.6. The predicted molar refractivity (Wildman–Crippen MR) is 109 cm³/mol. The molecule has 2 aromatic carbocycles. The third kappa shape index (κ3) is 5.89. The fourth-order valence-electron chi connectivity index (χ4n) is 2.90. The lowest BCUT2D eigenvalue weighted by molar-refractivity contribution is -0.894. The molecule has 0 aliphatic heterocycles. The van der Waals surface area contributed by atoms with Crippen LogP contribution in [0.5, 0.6) is 17.2 Å². The molecule has 0 spiro atoms. The van der Waals surface area contributed by atoms with Crippen LogP contribution in [-0.4, -0.2) is 46.9 Å². The van der Waals surface area contributed by atoms with E-state index < -0.39 is 0 Å². The third-order valence-corrected chi connectivity index (χ3v) is 5.01. The normalized spacial score (nSPS) is 12.8. The minimum atomic E-state index is -0.140. The zero-order chi connectivity index (χ0) is 20.5. The van der Waals surface area contributed by atoms with E-state index in [-0.39, 0.29) is 11.9 Å². The van der Waals surface area contributed by atoms with Crippen LogP contribution in [0.15, 0.2) is 42.5 Å². The highest BCUT2D eigenvalue weighted by Crippen LogP contribution is 2.27. The number of hydrogen-bond donors (Lipinski definition) is 2. The van der Waals surface area contributed by atoms with Crippen molar-refractivity contribution in [2.45, 2.75) is 25.9 Å². The van der Waals surface area contributed by atoms with Gasteiger partial charge in [-0.2, -0.15) is 0 Å². The first-order valence-corrected chi connectivity index (χ1v) is 9.42. The third-order valence-electron chi connectivity index (χ3n) is 5.01. The van der Waals surface area contributed by atoms with Crippen molar-refractivity contribution in [2.75, 3.05) is 34.9 Å². The van der Waals surface area contributed by atoms with Gasteiger partial charge in [0.1, 0.15) is 5.75 Å². The summed E-state index contributed by atoms with van der Waals surface area (Å²) in [4.78, 5) is 13.6. The van der Waals surface area contributed by atoms with Crippen molar-refractivity contribution in [3.63, 3.8) is 0 Å². The molecular formula is C22H31N2O4+. The summed E-state index contributed by atoms with van der Waals surface area (Å²) in [6, 6.07) is 13.5.